The molecule has 6 heteroatoms. The van der Waals surface area contributed by atoms with Crippen molar-refractivity contribution < 1.29 is 14.3 Å². The third-order valence-corrected chi connectivity index (χ3v) is 4.49. The molecule has 1 fully saturated rings. The van der Waals surface area contributed by atoms with Crippen LogP contribution in [0.5, 0.6) is 0 Å². The predicted molar refractivity (Wildman–Crippen MR) is 89.7 cm³/mol. The predicted octanol–water partition coefficient (Wildman–Crippen LogP) is 3.26. The van der Waals surface area contributed by atoms with Gasteiger partial charge in [0.05, 0.1) is 17.7 Å². The Morgan fingerprint density at radius 1 is 1.33 bits per heavy atom. The number of carbonyl (C=O) groups is 1. The Morgan fingerprint density at radius 2 is 2.04 bits per heavy atom. The van der Waals surface area contributed by atoms with Crippen LogP contribution in [-0.2, 0) is 4.79 Å². The van der Waals surface area contributed by atoms with Crippen LogP contribution in [0.15, 0.2) is 24.3 Å². The second kappa shape index (κ2) is 6.36. The van der Waals surface area contributed by atoms with E-state index >= 15 is 0 Å². The molecule has 1 aliphatic rings. The summed E-state index contributed by atoms with van der Waals surface area (Å²) in [6, 6.07) is 6.39. The van der Waals surface area contributed by atoms with Gasteiger partial charge in [0.15, 0.2) is 5.82 Å². The van der Waals surface area contributed by atoms with Crippen LogP contribution in [0, 0.1) is 19.7 Å². The number of aliphatic hydroxyl groups is 1. The summed E-state index contributed by atoms with van der Waals surface area (Å²) in [5.74, 6) is -0.753. The van der Waals surface area contributed by atoms with Crippen LogP contribution >= 0.6 is 0 Å². The van der Waals surface area contributed by atoms with Gasteiger partial charge in [0, 0.05) is 11.4 Å². The van der Waals surface area contributed by atoms with Crippen molar-refractivity contribution >= 4 is 11.6 Å². The summed E-state index contributed by atoms with van der Waals surface area (Å²) in [4.78, 5) is 12.1. The van der Waals surface area contributed by atoms with E-state index in [1.54, 1.807) is 12.1 Å². The minimum atomic E-state index is -0.910. The molecule has 24 heavy (non-hydrogen) atoms. The molecule has 1 amide bonds. The maximum atomic E-state index is 14.4. The lowest BCUT2D eigenvalue weighted by Gasteiger charge is -2.21. The van der Waals surface area contributed by atoms with E-state index in [0.717, 1.165) is 24.2 Å². The highest BCUT2D eigenvalue weighted by Gasteiger charge is 2.33. The average molecular weight is 331 g/mol. The molecule has 0 atom stereocenters. The molecule has 0 saturated heterocycles. The maximum absolute atomic E-state index is 14.4. The topological polar surface area (TPSA) is 67.2 Å². The number of halogens is 1. The molecular formula is C18H22FN3O2. The van der Waals surface area contributed by atoms with Crippen molar-refractivity contribution in [3.63, 3.8) is 0 Å². The van der Waals surface area contributed by atoms with Crippen molar-refractivity contribution in [1.82, 2.24) is 9.78 Å². The number of carbonyl (C=O) groups excluding carboxylic acids is 1. The van der Waals surface area contributed by atoms with Gasteiger partial charge in [-0.2, -0.15) is 5.10 Å². The van der Waals surface area contributed by atoms with Crippen LogP contribution in [-0.4, -0.2) is 26.4 Å². The first-order valence-electron chi connectivity index (χ1n) is 8.22. The third kappa shape index (κ3) is 3.48. The molecule has 1 saturated carbocycles. The Bertz CT molecular complexity index is 764. The molecule has 128 valence electrons. The molecule has 1 aliphatic carbocycles. The zero-order valence-corrected chi connectivity index (χ0v) is 14.0. The van der Waals surface area contributed by atoms with Crippen molar-refractivity contribution in [2.75, 3.05) is 5.32 Å². The van der Waals surface area contributed by atoms with Gasteiger partial charge >= 0.3 is 0 Å². The maximum Gasteiger partial charge on any atom is 0.227 e. The van der Waals surface area contributed by atoms with Gasteiger partial charge in [0.25, 0.3) is 0 Å². The van der Waals surface area contributed by atoms with Crippen molar-refractivity contribution in [2.24, 2.45) is 0 Å². The van der Waals surface area contributed by atoms with E-state index < -0.39 is 11.4 Å². The summed E-state index contributed by atoms with van der Waals surface area (Å²) in [5, 5.41) is 17.2. The number of hydrogen-bond acceptors (Lipinski definition) is 3. The third-order valence-electron chi connectivity index (χ3n) is 4.49. The van der Waals surface area contributed by atoms with Crippen molar-refractivity contribution in [3.05, 3.63) is 41.5 Å². The Kier molecular flexibility index (Phi) is 4.41. The van der Waals surface area contributed by atoms with Gasteiger partial charge < -0.3 is 10.4 Å². The molecular weight excluding hydrogens is 309 g/mol. The first-order chi connectivity index (χ1) is 11.4. The Labute approximate surface area is 140 Å². The minimum absolute atomic E-state index is 0.0494. The fourth-order valence-electron chi connectivity index (χ4n) is 3.34. The summed E-state index contributed by atoms with van der Waals surface area (Å²) in [7, 11) is 0. The number of benzene rings is 1. The number of rotatable bonds is 4. The molecule has 3 rings (SSSR count). The van der Waals surface area contributed by atoms with Gasteiger partial charge in [0.1, 0.15) is 5.69 Å². The average Bonchev–Trinajstić information content (AvgIpc) is 3.04. The fraction of sp³-hybridized carbons (Fsp3) is 0.444. The first-order valence-corrected chi connectivity index (χ1v) is 8.22. The molecule has 2 aromatic rings. The van der Waals surface area contributed by atoms with Crippen LogP contribution in [0.4, 0.5) is 10.1 Å². The van der Waals surface area contributed by atoms with Gasteiger partial charge in [-0.05, 0) is 51.0 Å². The Hall–Kier alpha value is -2.21. The molecule has 2 N–H and O–H groups in total. The highest BCUT2D eigenvalue weighted by molar-refractivity contribution is 5.91. The Balaban J connectivity index is 1.73. The lowest BCUT2D eigenvalue weighted by atomic mass is 9.97. The summed E-state index contributed by atoms with van der Waals surface area (Å²) >= 11 is 0. The van der Waals surface area contributed by atoms with Crippen molar-refractivity contribution in [2.45, 2.75) is 51.6 Å². The molecule has 0 radical (unpaired) electrons. The highest BCUT2D eigenvalue weighted by atomic mass is 19.1. The van der Waals surface area contributed by atoms with Crippen LogP contribution in [0.2, 0.25) is 0 Å². The molecule has 0 unspecified atom stereocenters. The molecule has 0 bridgehead atoms. The minimum Gasteiger partial charge on any atom is -0.389 e. The van der Waals surface area contributed by atoms with Gasteiger partial charge in [-0.1, -0.05) is 12.8 Å². The smallest absolute Gasteiger partial charge is 0.227 e. The monoisotopic (exact) mass is 331 g/mol. The van der Waals surface area contributed by atoms with E-state index in [-0.39, 0.29) is 12.3 Å². The van der Waals surface area contributed by atoms with E-state index in [1.165, 1.54) is 10.7 Å². The quantitative estimate of drug-likeness (QED) is 0.903. The number of aryl methyl sites for hydroxylation is 2. The summed E-state index contributed by atoms with van der Waals surface area (Å²) < 4.78 is 15.9. The lowest BCUT2D eigenvalue weighted by Crippen LogP contribution is -2.30. The normalized spacial score (nSPS) is 16.3. The molecule has 1 aromatic carbocycles. The number of amides is 1. The van der Waals surface area contributed by atoms with E-state index in [9.17, 15) is 14.3 Å². The zero-order chi connectivity index (χ0) is 17.3. The van der Waals surface area contributed by atoms with Gasteiger partial charge in [-0.3, -0.25) is 4.79 Å². The Morgan fingerprint density at radius 3 is 2.62 bits per heavy atom. The molecule has 0 spiro atoms. The van der Waals surface area contributed by atoms with E-state index in [4.69, 9.17) is 0 Å². The standard InChI is InChI=1S/C18H22FN3O2/c1-12-9-13(2)22(21-12)16-6-5-14(10-15(16)19)20-17(23)11-18(24)7-3-4-8-18/h5-6,9-10,24H,3-4,7-8,11H2,1-2H3,(H,20,23). The second-order valence-electron chi connectivity index (χ2n) is 6.66. The van der Waals surface area contributed by atoms with Crippen LogP contribution in [0.3, 0.4) is 0 Å². The van der Waals surface area contributed by atoms with Crippen molar-refractivity contribution in [3.8, 4) is 5.69 Å². The zero-order valence-electron chi connectivity index (χ0n) is 14.0. The number of anilines is 1. The van der Waals surface area contributed by atoms with Crippen LogP contribution in [0.25, 0.3) is 5.69 Å². The number of hydrogen-bond donors (Lipinski definition) is 2. The number of aromatic nitrogens is 2. The SMILES string of the molecule is Cc1cc(C)n(-c2ccc(NC(=O)CC3(O)CCCC3)cc2F)n1. The fourth-order valence-corrected chi connectivity index (χ4v) is 3.34. The van der Waals surface area contributed by atoms with Gasteiger partial charge in [0.2, 0.25) is 5.91 Å². The molecule has 1 heterocycles. The summed E-state index contributed by atoms with van der Waals surface area (Å²) in [6.07, 6.45) is 3.22. The van der Waals surface area contributed by atoms with Gasteiger partial charge in [-0.25, -0.2) is 9.07 Å². The first kappa shape index (κ1) is 16.6. The highest BCUT2D eigenvalue weighted by Crippen LogP contribution is 2.32. The van der Waals surface area contributed by atoms with Gasteiger partial charge in [-0.15, -0.1) is 0 Å². The van der Waals surface area contributed by atoms with Crippen molar-refractivity contribution in [1.29, 1.82) is 0 Å². The molecule has 5 nitrogen and oxygen atoms in total. The van der Waals surface area contributed by atoms with Crippen LogP contribution in [0.1, 0.15) is 43.5 Å². The number of nitrogens with one attached hydrogen (secondary N) is 1. The lowest BCUT2D eigenvalue weighted by molar-refractivity contribution is -0.120. The second-order valence-corrected chi connectivity index (χ2v) is 6.66. The number of nitrogens with zero attached hydrogens (tertiary/aromatic N) is 2. The largest absolute Gasteiger partial charge is 0.389 e. The molecule has 0 aliphatic heterocycles. The van der Waals surface area contributed by atoms with E-state index in [1.807, 2.05) is 19.9 Å². The summed E-state index contributed by atoms with van der Waals surface area (Å²) in [6.45, 7) is 3.71. The molecule has 1 aromatic heterocycles. The van der Waals surface area contributed by atoms with E-state index in [2.05, 4.69) is 10.4 Å². The van der Waals surface area contributed by atoms with Crippen LogP contribution < -0.4 is 5.32 Å². The van der Waals surface area contributed by atoms with E-state index in [0.29, 0.717) is 24.2 Å². The summed E-state index contributed by atoms with van der Waals surface area (Å²) in [5.41, 5.74) is 1.46.